The first-order chi connectivity index (χ1) is 14.0. The Morgan fingerprint density at radius 2 is 1.83 bits per heavy atom. The van der Waals surface area contributed by atoms with Crippen molar-refractivity contribution in [2.75, 3.05) is 46.4 Å². The van der Waals surface area contributed by atoms with Gasteiger partial charge >= 0.3 is 0 Å². The monoisotopic (exact) mass is 528 g/mol. The van der Waals surface area contributed by atoms with Gasteiger partial charge in [0.05, 0.1) is 18.8 Å². The number of halogens is 1. The summed E-state index contributed by atoms with van der Waals surface area (Å²) in [5.74, 6) is 1.01. The average Bonchev–Trinajstić information content (AvgIpc) is 3.33. The fourth-order valence-electron chi connectivity index (χ4n) is 5.03. The van der Waals surface area contributed by atoms with Gasteiger partial charge in [0.1, 0.15) is 0 Å². The molecular formula is C23H37IN4O2. The molecule has 1 N–H and O–H groups in total. The average molecular weight is 528 g/mol. The zero-order chi connectivity index (χ0) is 20.3. The Morgan fingerprint density at radius 1 is 1.13 bits per heavy atom. The molecular weight excluding hydrogens is 491 g/mol. The highest BCUT2D eigenvalue weighted by atomic mass is 127. The van der Waals surface area contributed by atoms with E-state index in [1.807, 2.05) is 7.05 Å². The van der Waals surface area contributed by atoms with Gasteiger partial charge in [0, 0.05) is 58.3 Å². The van der Waals surface area contributed by atoms with Crippen LogP contribution in [0.2, 0.25) is 0 Å². The van der Waals surface area contributed by atoms with Gasteiger partial charge in [-0.3, -0.25) is 9.89 Å². The van der Waals surface area contributed by atoms with Crippen molar-refractivity contribution in [1.82, 2.24) is 15.1 Å². The largest absolute Gasteiger partial charge is 0.381 e. The minimum absolute atomic E-state index is 0. The number of aliphatic imine (C=N–C) groups is 1. The molecule has 3 unspecified atom stereocenters. The SMILES string of the molecule is CN=C(NCc1ccc(CN2CC(C)OC(C)C2)cc1)N1CCC2(CCOC2)C1.I. The molecule has 3 saturated heterocycles. The fourth-order valence-corrected chi connectivity index (χ4v) is 5.03. The Bertz CT molecular complexity index is 696. The summed E-state index contributed by atoms with van der Waals surface area (Å²) in [6.45, 7) is 12.1. The van der Waals surface area contributed by atoms with E-state index >= 15 is 0 Å². The van der Waals surface area contributed by atoms with Crippen LogP contribution in [0.1, 0.15) is 37.8 Å². The van der Waals surface area contributed by atoms with E-state index in [0.717, 1.165) is 58.4 Å². The van der Waals surface area contributed by atoms with Crippen molar-refractivity contribution >= 4 is 29.9 Å². The van der Waals surface area contributed by atoms with E-state index in [-0.39, 0.29) is 24.0 Å². The predicted octanol–water partition coefficient (Wildman–Crippen LogP) is 3.10. The summed E-state index contributed by atoms with van der Waals surface area (Å²) < 4.78 is 11.5. The highest BCUT2D eigenvalue weighted by molar-refractivity contribution is 14.0. The van der Waals surface area contributed by atoms with Crippen LogP contribution in [0.4, 0.5) is 0 Å². The maximum absolute atomic E-state index is 5.84. The standard InChI is InChI=1S/C23H36N4O2.HI/c1-18-13-26(14-19(2)29-18)15-21-6-4-20(5-7-21)12-25-22(24-3)27-10-8-23(16-27)9-11-28-17-23;/h4-7,18-19H,8-17H2,1-3H3,(H,24,25);1H. The zero-order valence-corrected chi connectivity index (χ0v) is 20.9. The summed E-state index contributed by atoms with van der Waals surface area (Å²) in [4.78, 5) is 9.40. The second-order valence-electron chi connectivity index (χ2n) is 9.14. The van der Waals surface area contributed by atoms with E-state index in [1.54, 1.807) is 0 Å². The lowest BCUT2D eigenvalue weighted by atomic mass is 9.87. The molecule has 1 aromatic carbocycles. The Balaban J connectivity index is 0.00000256. The van der Waals surface area contributed by atoms with Crippen LogP contribution >= 0.6 is 24.0 Å². The van der Waals surface area contributed by atoms with Crippen LogP contribution in [0.15, 0.2) is 29.3 Å². The molecule has 3 heterocycles. The van der Waals surface area contributed by atoms with Gasteiger partial charge < -0.3 is 19.7 Å². The smallest absolute Gasteiger partial charge is 0.193 e. The van der Waals surface area contributed by atoms with Crippen LogP contribution in [0.5, 0.6) is 0 Å². The van der Waals surface area contributed by atoms with Gasteiger partial charge in [0.15, 0.2) is 5.96 Å². The van der Waals surface area contributed by atoms with E-state index in [4.69, 9.17) is 9.47 Å². The number of guanidine groups is 1. The topological polar surface area (TPSA) is 49.3 Å². The van der Waals surface area contributed by atoms with Crippen molar-refractivity contribution in [3.8, 4) is 0 Å². The molecule has 3 fully saturated rings. The van der Waals surface area contributed by atoms with Crippen LogP contribution in [0.25, 0.3) is 0 Å². The molecule has 0 radical (unpaired) electrons. The predicted molar refractivity (Wildman–Crippen MR) is 131 cm³/mol. The van der Waals surface area contributed by atoms with Gasteiger partial charge in [-0.1, -0.05) is 24.3 Å². The molecule has 1 spiro atoms. The number of nitrogens with one attached hydrogen (secondary N) is 1. The minimum Gasteiger partial charge on any atom is -0.381 e. The fraction of sp³-hybridized carbons (Fsp3) is 0.696. The number of nitrogens with zero attached hydrogens (tertiary/aromatic N) is 3. The molecule has 0 aromatic heterocycles. The Kier molecular flexibility index (Phi) is 8.40. The third-order valence-electron chi connectivity index (χ3n) is 6.51. The van der Waals surface area contributed by atoms with Gasteiger partial charge in [-0.15, -0.1) is 24.0 Å². The first kappa shape index (κ1) is 23.8. The molecule has 168 valence electrons. The summed E-state index contributed by atoms with van der Waals surface area (Å²) in [5, 5.41) is 3.55. The third kappa shape index (κ3) is 5.87. The van der Waals surface area contributed by atoms with E-state index in [0.29, 0.717) is 17.6 Å². The van der Waals surface area contributed by atoms with Crippen LogP contribution < -0.4 is 5.32 Å². The van der Waals surface area contributed by atoms with Crippen molar-refractivity contribution in [2.24, 2.45) is 10.4 Å². The third-order valence-corrected chi connectivity index (χ3v) is 6.51. The van der Waals surface area contributed by atoms with E-state index in [1.165, 1.54) is 24.0 Å². The van der Waals surface area contributed by atoms with Crippen molar-refractivity contribution in [1.29, 1.82) is 0 Å². The molecule has 3 aliphatic heterocycles. The molecule has 4 rings (SSSR count). The molecule has 1 aromatic rings. The molecule has 0 aliphatic carbocycles. The highest BCUT2D eigenvalue weighted by Crippen LogP contribution is 2.38. The molecule has 7 heteroatoms. The van der Waals surface area contributed by atoms with E-state index in [9.17, 15) is 0 Å². The summed E-state index contributed by atoms with van der Waals surface area (Å²) in [6, 6.07) is 8.98. The molecule has 30 heavy (non-hydrogen) atoms. The molecule has 6 nitrogen and oxygen atoms in total. The number of rotatable bonds is 4. The lowest BCUT2D eigenvalue weighted by molar-refractivity contribution is -0.0704. The van der Waals surface area contributed by atoms with Crippen molar-refractivity contribution in [3.05, 3.63) is 35.4 Å². The van der Waals surface area contributed by atoms with Crippen LogP contribution in [-0.2, 0) is 22.6 Å². The molecule has 0 amide bonds. The Hall–Kier alpha value is -0.900. The molecule has 3 aliphatic rings. The van der Waals surface area contributed by atoms with Gasteiger partial charge in [-0.25, -0.2) is 0 Å². The van der Waals surface area contributed by atoms with Crippen molar-refractivity contribution < 1.29 is 9.47 Å². The van der Waals surface area contributed by atoms with E-state index in [2.05, 4.69) is 58.2 Å². The molecule has 3 atom stereocenters. The first-order valence-corrected chi connectivity index (χ1v) is 11.0. The second kappa shape index (κ2) is 10.6. The second-order valence-corrected chi connectivity index (χ2v) is 9.14. The maximum atomic E-state index is 5.84. The number of benzene rings is 1. The van der Waals surface area contributed by atoms with Gasteiger partial charge in [0.25, 0.3) is 0 Å². The number of likely N-dealkylation sites (tertiary alicyclic amines) is 1. The Labute approximate surface area is 198 Å². The zero-order valence-electron chi connectivity index (χ0n) is 18.6. The maximum Gasteiger partial charge on any atom is 0.193 e. The summed E-state index contributed by atoms with van der Waals surface area (Å²) in [7, 11) is 1.88. The Morgan fingerprint density at radius 3 is 2.47 bits per heavy atom. The number of ether oxygens (including phenoxy) is 2. The van der Waals surface area contributed by atoms with Crippen LogP contribution in [-0.4, -0.2) is 74.4 Å². The van der Waals surface area contributed by atoms with Crippen molar-refractivity contribution in [3.63, 3.8) is 0 Å². The van der Waals surface area contributed by atoms with Crippen LogP contribution in [0.3, 0.4) is 0 Å². The first-order valence-electron chi connectivity index (χ1n) is 11.0. The van der Waals surface area contributed by atoms with Gasteiger partial charge in [0.2, 0.25) is 0 Å². The number of hydrogen-bond donors (Lipinski definition) is 1. The van der Waals surface area contributed by atoms with Gasteiger partial charge in [-0.05, 0) is 37.8 Å². The van der Waals surface area contributed by atoms with Crippen molar-refractivity contribution in [2.45, 2.75) is 52.0 Å². The van der Waals surface area contributed by atoms with E-state index < -0.39 is 0 Å². The normalized spacial score (nSPS) is 30.0. The molecule has 0 bridgehead atoms. The summed E-state index contributed by atoms with van der Waals surface area (Å²) in [5.41, 5.74) is 3.01. The number of morpholine rings is 1. The molecule has 0 saturated carbocycles. The summed E-state index contributed by atoms with van der Waals surface area (Å²) in [6.07, 6.45) is 3.02. The highest BCUT2D eigenvalue weighted by Gasteiger charge is 2.42. The van der Waals surface area contributed by atoms with Crippen LogP contribution in [0, 0.1) is 5.41 Å². The summed E-state index contributed by atoms with van der Waals surface area (Å²) >= 11 is 0. The minimum atomic E-state index is 0. The lowest BCUT2D eigenvalue weighted by Crippen LogP contribution is -2.44. The quantitative estimate of drug-likeness (QED) is 0.370. The van der Waals surface area contributed by atoms with Gasteiger partial charge in [-0.2, -0.15) is 0 Å². The number of hydrogen-bond acceptors (Lipinski definition) is 4. The lowest BCUT2D eigenvalue weighted by Gasteiger charge is -2.35.